The number of rotatable bonds is 2. The number of esters is 1. The van der Waals surface area contributed by atoms with Gasteiger partial charge in [-0.1, -0.05) is 12.8 Å². The van der Waals surface area contributed by atoms with Crippen LogP contribution in [0.5, 0.6) is 0 Å². The third-order valence-corrected chi connectivity index (χ3v) is 3.36. The van der Waals surface area contributed by atoms with Gasteiger partial charge in [0.05, 0.1) is 5.69 Å². The second-order valence-electron chi connectivity index (χ2n) is 4.88. The van der Waals surface area contributed by atoms with E-state index in [1.54, 1.807) is 0 Å². The summed E-state index contributed by atoms with van der Waals surface area (Å²) in [6.07, 6.45) is 5.57. The fraction of sp³-hybridized carbons (Fsp3) is 0.500. The Morgan fingerprint density at radius 3 is 2.42 bits per heavy atom. The second-order valence-corrected chi connectivity index (χ2v) is 4.88. The molecule has 0 amide bonds. The second kappa shape index (κ2) is 5.99. The molecule has 0 aromatic heterocycles. The van der Waals surface area contributed by atoms with Crippen molar-refractivity contribution in [2.75, 3.05) is 5.73 Å². The number of carbonyl (C=O) groups excluding carboxylic acids is 1. The van der Waals surface area contributed by atoms with E-state index in [0.717, 1.165) is 50.7 Å². The Kier molecular flexibility index (Phi) is 4.35. The van der Waals surface area contributed by atoms with Gasteiger partial charge in [0.25, 0.3) is 0 Å². The van der Waals surface area contributed by atoms with Gasteiger partial charge in [0, 0.05) is 0 Å². The number of anilines is 1. The number of carbonyl (C=O) groups is 1. The van der Waals surface area contributed by atoms with Crippen molar-refractivity contribution in [1.82, 2.24) is 0 Å². The van der Waals surface area contributed by atoms with E-state index in [-0.39, 0.29) is 11.8 Å². The fourth-order valence-corrected chi connectivity index (χ4v) is 2.33. The Morgan fingerprint density at radius 2 is 1.79 bits per heavy atom. The summed E-state index contributed by atoms with van der Waals surface area (Å²) in [7, 11) is 0. The van der Waals surface area contributed by atoms with Crippen LogP contribution >= 0.6 is 0 Å². The first-order chi connectivity index (χ1) is 9.08. The molecule has 5 heteroatoms. The molecule has 0 atom stereocenters. The molecule has 1 fully saturated rings. The zero-order chi connectivity index (χ0) is 13.8. The largest absolute Gasteiger partial charge is 0.459 e. The summed E-state index contributed by atoms with van der Waals surface area (Å²) in [6.45, 7) is 0. The van der Waals surface area contributed by atoms with Crippen LogP contribution in [-0.2, 0) is 4.74 Å². The summed E-state index contributed by atoms with van der Waals surface area (Å²) in [5.74, 6) is -2.50. The van der Waals surface area contributed by atoms with Gasteiger partial charge in [0.1, 0.15) is 17.5 Å². The molecule has 0 aliphatic heterocycles. The molecule has 104 valence electrons. The molecule has 0 saturated heterocycles. The Bertz CT molecular complexity index is 469. The standard InChI is InChI=1S/C14H17F2NO2/c15-9-7-11(13(16)12(17)8-9)14(18)19-10-5-3-1-2-4-6-10/h7-8,10H,1-6,17H2. The number of hydrogen-bond donors (Lipinski definition) is 1. The van der Waals surface area contributed by atoms with Gasteiger partial charge in [-0.15, -0.1) is 0 Å². The number of ether oxygens (including phenoxy) is 1. The van der Waals surface area contributed by atoms with Gasteiger partial charge in [-0.05, 0) is 37.8 Å². The summed E-state index contributed by atoms with van der Waals surface area (Å²) < 4.78 is 32.1. The molecule has 0 bridgehead atoms. The van der Waals surface area contributed by atoms with Crippen molar-refractivity contribution in [1.29, 1.82) is 0 Å². The summed E-state index contributed by atoms with van der Waals surface area (Å²) in [5, 5.41) is 0. The number of nitrogens with two attached hydrogens (primary N) is 1. The lowest BCUT2D eigenvalue weighted by molar-refractivity contribution is 0.0261. The molecule has 2 rings (SSSR count). The highest BCUT2D eigenvalue weighted by Gasteiger charge is 2.22. The average molecular weight is 269 g/mol. The first-order valence-electron chi connectivity index (χ1n) is 6.53. The van der Waals surface area contributed by atoms with Crippen LogP contribution in [0.1, 0.15) is 48.9 Å². The van der Waals surface area contributed by atoms with Crippen molar-refractivity contribution < 1.29 is 18.3 Å². The maximum absolute atomic E-state index is 13.7. The van der Waals surface area contributed by atoms with Gasteiger partial charge in [0.15, 0.2) is 5.82 Å². The molecular weight excluding hydrogens is 252 g/mol. The molecule has 0 unspecified atom stereocenters. The lowest BCUT2D eigenvalue weighted by Gasteiger charge is -2.16. The van der Waals surface area contributed by atoms with Gasteiger partial charge < -0.3 is 10.5 Å². The predicted molar refractivity (Wildman–Crippen MR) is 67.7 cm³/mol. The van der Waals surface area contributed by atoms with E-state index < -0.39 is 23.2 Å². The van der Waals surface area contributed by atoms with E-state index in [2.05, 4.69) is 0 Å². The maximum Gasteiger partial charge on any atom is 0.341 e. The first kappa shape index (κ1) is 13.8. The quantitative estimate of drug-likeness (QED) is 0.508. The molecule has 1 aliphatic rings. The van der Waals surface area contributed by atoms with Crippen LogP contribution in [0.4, 0.5) is 14.5 Å². The monoisotopic (exact) mass is 269 g/mol. The topological polar surface area (TPSA) is 52.3 Å². The average Bonchev–Trinajstić information content (AvgIpc) is 2.62. The summed E-state index contributed by atoms with van der Waals surface area (Å²) in [6, 6.07) is 1.67. The van der Waals surface area contributed by atoms with Crippen molar-refractivity contribution >= 4 is 11.7 Å². The normalized spacial score (nSPS) is 16.9. The third-order valence-electron chi connectivity index (χ3n) is 3.36. The molecular formula is C14H17F2NO2. The van der Waals surface area contributed by atoms with Gasteiger partial charge >= 0.3 is 5.97 Å². The van der Waals surface area contributed by atoms with Gasteiger partial charge in [-0.3, -0.25) is 0 Å². The molecule has 1 saturated carbocycles. The van der Waals surface area contributed by atoms with Crippen molar-refractivity contribution in [3.8, 4) is 0 Å². The molecule has 0 radical (unpaired) electrons. The maximum atomic E-state index is 13.7. The first-order valence-corrected chi connectivity index (χ1v) is 6.53. The zero-order valence-corrected chi connectivity index (χ0v) is 10.6. The van der Waals surface area contributed by atoms with Crippen LogP contribution in [-0.4, -0.2) is 12.1 Å². The minimum absolute atomic E-state index is 0.209. The van der Waals surface area contributed by atoms with Crippen LogP contribution in [0.2, 0.25) is 0 Å². The predicted octanol–water partition coefficient (Wildman–Crippen LogP) is 3.43. The molecule has 3 nitrogen and oxygen atoms in total. The van der Waals surface area contributed by atoms with E-state index >= 15 is 0 Å². The van der Waals surface area contributed by atoms with Crippen LogP contribution < -0.4 is 5.73 Å². The summed E-state index contributed by atoms with van der Waals surface area (Å²) >= 11 is 0. The molecule has 1 aromatic rings. The molecule has 0 heterocycles. The lowest BCUT2D eigenvalue weighted by atomic mass is 10.1. The smallest absolute Gasteiger partial charge is 0.341 e. The van der Waals surface area contributed by atoms with E-state index in [9.17, 15) is 13.6 Å². The SMILES string of the molecule is Nc1cc(F)cc(C(=O)OC2CCCCCC2)c1F. The minimum atomic E-state index is -0.917. The van der Waals surface area contributed by atoms with Crippen LogP contribution in [0.3, 0.4) is 0 Å². The zero-order valence-electron chi connectivity index (χ0n) is 10.6. The van der Waals surface area contributed by atoms with Gasteiger partial charge in [-0.25, -0.2) is 13.6 Å². The van der Waals surface area contributed by atoms with Crippen molar-refractivity contribution in [2.24, 2.45) is 0 Å². The van der Waals surface area contributed by atoms with Crippen LogP contribution in [0.15, 0.2) is 12.1 Å². The van der Waals surface area contributed by atoms with E-state index in [4.69, 9.17) is 10.5 Å². The molecule has 1 aliphatic carbocycles. The van der Waals surface area contributed by atoms with Crippen LogP contribution in [0, 0.1) is 11.6 Å². The van der Waals surface area contributed by atoms with Gasteiger partial charge in [-0.2, -0.15) is 0 Å². The van der Waals surface area contributed by atoms with Crippen LogP contribution in [0.25, 0.3) is 0 Å². The van der Waals surface area contributed by atoms with Crippen molar-refractivity contribution in [3.63, 3.8) is 0 Å². The molecule has 2 N–H and O–H groups in total. The fourth-order valence-electron chi connectivity index (χ4n) is 2.33. The lowest BCUT2D eigenvalue weighted by Crippen LogP contribution is -2.19. The number of nitrogen functional groups attached to an aromatic ring is 1. The minimum Gasteiger partial charge on any atom is -0.459 e. The highest BCUT2D eigenvalue weighted by Crippen LogP contribution is 2.23. The van der Waals surface area contributed by atoms with E-state index in [0.29, 0.717) is 0 Å². The van der Waals surface area contributed by atoms with E-state index in [1.165, 1.54) is 0 Å². The number of hydrogen-bond acceptors (Lipinski definition) is 3. The van der Waals surface area contributed by atoms with Crippen molar-refractivity contribution in [2.45, 2.75) is 44.6 Å². The number of halogens is 2. The highest BCUT2D eigenvalue weighted by atomic mass is 19.1. The highest BCUT2D eigenvalue weighted by molar-refractivity contribution is 5.91. The molecule has 0 spiro atoms. The van der Waals surface area contributed by atoms with E-state index in [1.807, 2.05) is 0 Å². The van der Waals surface area contributed by atoms with Gasteiger partial charge in [0.2, 0.25) is 0 Å². The Morgan fingerprint density at radius 1 is 1.16 bits per heavy atom. The number of benzene rings is 1. The summed E-state index contributed by atoms with van der Waals surface area (Å²) in [4.78, 5) is 11.9. The Balaban J connectivity index is 2.11. The van der Waals surface area contributed by atoms with Crippen molar-refractivity contribution in [3.05, 3.63) is 29.3 Å². The third kappa shape index (κ3) is 3.43. The Hall–Kier alpha value is -1.65. The molecule has 19 heavy (non-hydrogen) atoms. The summed E-state index contributed by atoms with van der Waals surface area (Å²) in [5.41, 5.74) is 4.48. The molecule has 1 aromatic carbocycles. The Labute approximate surface area is 110 Å².